The summed E-state index contributed by atoms with van der Waals surface area (Å²) in [6, 6.07) is 6.83. The number of carbonyl (C=O) groups excluding carboxylic acids is 1. The fraction of sp³-hybridized carbons (Fsp3) is 0.0833. The number of anilines is 1. The lowest BCUT2D eigenvalue weighted by atomic mass is 10.2. The van der Waals surface area contributed by atoms with Gasteiger partial charge in [-0.15, -0.1) is 0 Å². The standard InChI is InChI=1S/C12H10ClN3O4/c13-9-5-7(16(18)19)1-3-10(9)15-12(17)11-4-2-8(6-14)20-11/h1-5H,6,14H2,(H,15,17). The Morgan fingerprint density at radius 3 is 2.70 bits per heavy atom. The van der Waals surface area contributed by atoms with Gasteiger partial charge in [0.1, 0.15) is 5.76 Å². The van der Waals surface area contributed by atoms with Gasteiger partial charge in [-0.2, -0.15) is 0 Å². The van der Waals surface area contributed by atoms with E-state index in [0.29, 0.717) is 5.76 Å². The molecule has 0 saturated carbocycles. The summed E-state index contributed by atoms with van der Waals surface area (Å²) < 4.78 is 5.18. The van der Waals surface area contributed by atoms with Crippen LogP contribution in [0.25, 0.3) is 0 Å². The zero-order chi connectivity index (χ0) is 14.7. The lowest BCUT2D eigenvalue weighted by Crippen LogP contribution is -2.11. The van der Waals surface area contributed by atoms with Gasteiger partial charge >= 0.3 is 0 Å². The predicted octanol–water partition coefficient (Wildman–Crippen LogP) is 2.55. The van der Waals surface area contributed by atoms with Crippen LogP contribution in [-0.4, -0.2) is 10.8 Å². The highest BCUT2D eigenvalue weighted by Crippen LogP contribution is 2.27. The van der Waals surface area contributed by atoms with Crippen LogP contribution >= 0.6 is 11.6 Å². The minimum Gasteiger partial charge on any atom is -0.455 e. The number of non-ortho nitro benzene ring substituents is 1. The van der Waals surface area contributed by atoms with Gasteiger partial charge < -0.3 is 15.5 Å². The van der Waals surface area contributed by atoms with Crippen molar-refractivity contribution in [3.8, 4) is 0 Å². The van der Waals surface area contributed by atoms with E-state index >= 15 is 0 Å². The van der Waals surface area contributed by atoms with Crippen LogP contribution in [0, 0.1) is 10.1 Å². The summed E-state index contributed by atoms with van der Waals surface area (Å²) in [5.41, 5.74) is 5.48. The summed E-state index contributed by atoms with van der Waals surface area (Å²) in [5, 5.41) is 13.1. The molecule has 1 aromatic heterocycles. The lowest BCUT2D eigenvalue weighted by Gasteiger charge is -2.05. The van der Waals surface area contributed by atoms with E-state index in [9.17, 15) is 14.9 Å². The maximum atomic E-state index is 11.9. The maximum absolute atomic E-state index is 11.9. The molecule has 0 radical (unpaired) electrons. The predicted molar refractivity (Wildman–Crippen MR) is 72.7 cm³/mol. The molecule has 2 aromatic rings. The third-order valence-corrected chi connectivity index (χ3v) is 2.81. The first-order valence-corrected chi connectivity index (χ1v) is 5.93. The Labute approximate surface area is 118 Å². The summed E-state index contributed by atoms with van der Waals surface area (Å²) in [5.74, 6) is 0.0465. The van der Waals surface area contributed by atoms with Gasteiger partial charge in [-0.3, -0.25) is 14.9 Å². The molecule has 0 saturated heterocycles. The summed E-state index contributed by atoms with van der Waals surface area (Å²) in [6.45, 7) is 0.186. The molecule has 1 heterocycles. The molecule has 0 fully saturated rings. The molecule has 104 valence electrons. The van der Waals surface area contributed by atoms with Crippen molar-refractivity contribution < 1.29 is 14.1 Å². The van der Waals surface area contributed by atoms with Gasteiger partial charge in [0.2, 0.25) is 0 Å². The van der Waals surface area contributed by atoms with E-state index in [4.69, 9.17) is 21.8 Å². The van der Waals surface area contributed by atoms with Crippen LogP contribution in [0.5, 0.6) is 0 Å². The molecule has 8 heteroatoms. The minimum atomic E-state index is -0.572. The highest BCUT2D eigenvalue weighted by atomic mass is 35.5. The number of benzene rings is 1. The van der Waals surface area contributed by atoms with E-state index in [-0.39, 0.29) is 28.7 Å². The number of nitro benzene ring substituents is 1. The number of nitro groups is 1. The Morgan fingerprint density at radius 2 is 2.15 bits per heavy atom. The van der Waals surface area contributed by atoms with E-state index in [1.54, 1.807) is 6.07 Å². The summed E-state index contributed by atoms with van der Waals surface area (Å²) in [6.07, 6.45) is 0. The van der Waals surface area contributed by atoms with Crippen LogP contribution in [0.3, 0.4) is 0 Å². The maximum Gasteiger partial charge on any atom is 0.291 e. The smallest absolute Gasteiger partial charge is 0.291 e. The van der Waals surface area contributed by atoms with Crippen LogP contribution in [-0.2, 0) is 6.54 Å². The van der Waals surface area contributed by atoms with Crippen molar-refractivity contribution in [2.45, 2.75) is 6.54 Å². The van der Waals surface area contributed by atoms with Gasteiger partial charge in [-0.1, -0.05) is 11.6 Å². The quantitative estimate of drug-likeness (QED) is 0.665. The zero-order valence-electron chi connectivity index (χ0n) is 10.1. The molecule has 20 heavy (non-hydrogen) atoms. The molecule has 1 aromatic carbocycles. The zero-order valence-corrected chi connectivity index (χ0v) is 10.9. The normalized spacial score (nSPS) is 10.3. The SMILES string of the molecule is NCc1ccc(C(=O)Nc2ccc([N+](=O)[O-])cc2Cl)o1. The first-order valence-electron chi connectivity index (χ1n) is 5.55. The van der Waals surface area contributed by atoms with E-state index in [1.807, 2.05) is 0 Å². The average Bonchev–Trinajstić information content (AvgIpc) is 2.89. The van der Waals surface area contributed by atoms with Crippen LogP contribution in [0.15, 0.2) is 34.7 Å². The number of carbonyl (C=O) groups is 1. The van der Waals surface area contributed by atoms with E-state index in [0.717, 1.165) is 6.07 Å². The molecular formula is C12H10ClN3O4. The number of amides is 1. The molecule has 0 aliphatic carbocycles. The second-order valence-electron chi connectivity index (χ2n) is 3.85. The highest BCUT2D eigenvalue weighted by molar-refractivity contribution is 6.34. The van der Waals surface area contributed by atoms with Gasteiger partial charge in [0.05, 0.1) is 22.2 Å². The van der Waals surface area contributed by atoms with Crippen molar-refractivity contribution in [1.29, 1.82) is 0 Å². The summed E-state index contributed by atoms with van der Waals surface area (Å²) in [4.78, 5) is 21.9. The number of furan rings is 1. The van der Waals surface area contributed by atoms with Gasteiger partial charge in [0.15, 0.2) is 5.76 Å². The van der Waals surface area contributed by atoms with Gasteiger partial charge in [-0.05, 0) is 18.2 Å². The van der Waals surface area contributed by atoms with Crippen molar-refractivity contribution in [3.05, 3.63) is 57.0 Å². The topological polar surface area (TPSA) is 111 Å². The van der Waals surface area contributed by atoms with E-state index in [2.05, 4.69) is 5.32 Å². The molecule has 3 N–H and O–H groups in total. The second kappa shape index (κ2) is 5.72. The van der Waals surface area contributed by atoms with Crippen molar-refractivity contribution in [1.82, 2.24) is 0 Å². The minimum absolute atomic E-state index is 0.0677. The second-order valence-corrected chi connectivity index (χ2v) is 4.25. The average molecular weight is 296 g/mol. The van der Waals surface area contributed by atoms with Crippen LogP contribution in [0.1, 0.15) is 16.3 Å². The van der Waals surface area contributed by atoms with E-state index in [1.165, 1.54) is 18.2 Å². The van der Waals surface area contributed by atoms with Crippen molar-refractivity contribution in [3.63, 3.8) is 0 Å². The van der Waals surface area contributed by atoms with E-state index < -0.39 is 10.8 Å². The van der Waals surface area contributed by atoms with Gasteiger partial charge in [-0.25, -0.2) is 0 Å². The highest BCUT2D eigenvalue weighted by Gasteiger charge is 2.15. The number of nitrogens with zero attached hydrogens (tertiary/aromatic N) is 1. The molecule has 0 bridgehead atoms. The Kier molecular flexibility index (Phi) is 4.02. The van der Waals surface area contributed by atoms with Crippen LogP contribution in [0.2, 0.25) is 5.02 Å². The third kappa shape index (κ3) is 2.95. The Balaban J connectivity index is 2.17. The molecule has 1 amide bonds. The Morgan fingerprint density at radius 1 is 1.40 bits per heavy atom. The van der Waals surface area contributed by atoms with Crippen molar-refractivity contribution >= 4 is 28.9 Å². The molecule has 0 unspecified atom stereocenters. The fourth-order valence-corrected chi connectivity index (χ4v) is 1.73. The lowest BCUT2D eigenvalue weighted by molar-refractivity contribution is -0.384. The van der Waals surface area contributed by atoms with Gasteiger partial charge in [0, 0.05) is 12.1 Å². The number of rotatable bonds is 4. The first-order chi connectivity index (χ1) is 9.51. The molecule has 0 aliphatic heterocycles. The Hall–Kier alpha value is -2.38. The monoisotopic (exact) mass is 295 g/mol. The number of nitrogens with one attached hydrogen (secondary N) is 1. The molecule has 2 rings (SSSR count). The number of hydrogen-bond donors (Lipinski definition) is 2. The van der Waals surface area contributed by atoms with Crippen LogP contribution < -0.4 is 11.1 Å². The van der Waals surface area contributed by atoms with Crippen molar-refractivity contribution in [2.75, 3.05) is 5.32 Å². The van der Waals surface area contributed by atoms with Crippen molar-refractivity contribution in [2.24, 2.45) is 5.73 Å². The van der Waals surface area contributed by atoms with Crippen LogP contribution in [0.4, 0.5) is 11.4 Å². The molecule has 7 nitrogen and oxygen atoms in total. The number of hydrogen-bond acceptors (Lipinski definition) is 5. The number of nitrogens with two attached hydrogens (primary N) is 1. The fourth-order valence-electron chi connectivity index (χ4n) is 1.51. The first kappa shape index (κ1) is 14.0. The number of halogens is 1. The summed E-state index contributed by atoms with van der Waals surface area (Å²) >= 11 is 5.87. The molecular weight excluding hydrogens is 286 g/mol. The largest absolute Gasteiger partial charge is 0.455 e. The molecule has 0 spiro atoms. The molecule has 0 aliphatic rings. The summed E-state index contributed by atoms with van der Waals surface area (Å²) in [7, 11) is 0. The molecule has 0 atom stereocenters. The van der Waals surface area contributed by atoms with Gasteiger partial charge in [0.25, 0.3) is 11.6 Å². The Bertz CT molecular complexity index is 668. The third-order valence-electron chi connectivity index (χ3n) is 2.50.